The van der Waals surface area contributed by atoms with Crippen LogP contribution in [0, 0.1) is 16.0 Å². The number of nitro benzene ring substituents is 1. The van der Waals surface area contributed by atoms with Gasteiger partial charge >= 0.3 is 0 Å². The first kappa shape index (κ1) is 21.2. The number of ketones is 1. The van der Waals surface area contributed by atoms with E-state index >= 15 is 0 Å². The van der Waals surface area contributed by atoms with Crippen molar-refractivity contribution in [2.24, 2.45) is 11.0 Å². The maximum atomic E-state index is 13.8. The van der Waals surface area contributed by atoms with Crippen LogP contribution in [-0.4, -0.2) is 34.3 Å². The molecule has 3 aromatic rings. The summed E-state index contributed by atoms with van der Waals surface area (Å²) < 4.78 is 0. The highest BCUT2D eigenvalue weighted by atomic mass is 16.6. The van der Waals surface area contributed by atoms with E-state index in [2.05, 4.69) is 10.5 Å². The SMILES string of the molecule is O=C(C1=NN[C@@H]2C(=O)N(c3ccc([N+](=O)[O-])cc3)C(=O)[C@@H]12)C(c1ccccc1)c1ccccc1. The number of Topliss-reactive ketones (excluding diaryl/α,β-unsaturated/α-hetero) is 1. The number of imide groups is 1. The second-order valence-corrected chi connectivity index (χ2v) is 7.99. The molecule has 2 aliphatic rings. The van der Waals surface area contributed by atoms with E-state index in [1.54, 1.807) is 0 Å². The molecule has 5 rings (SSSR count). The van der Waals surface area contributed by atoms with Gasteiger partial charge in [0.1, 0.15) is 17.7 Å². The van der Waals surface area contributed by atoms with Gasteiger partial charge < -0.3 is 0 Å². The highest BCUT2D eigenvalue weighted by molar-refractivity contribution is 6.50. The van der Waals surface area contributed by atoms with Gasteiger partial charge in [-0.15, -0.1) is 0 Å². The molecule has 2 amide bonds. The summed E-state index contributed by atoms with van der Waals surface area (Å²) in [5.74, 6) is -3.31. The van der Waals surface area contributed by atoms with Gasteiger partial charge in [0.05, 0.1) is 16.5 Å². The number of benzene rings is 3. The van der Waals surface area contributed by atoms with Crippen LogP contribution >= 0.6 is 0 Å². The molecule has 0 spiro atoms. The Kier molecular flexibility index (Phi) is 5.21. The van der Waals surface area contributed by atoms with Crippen LogP contribution in [-0.2, 0) is 14.4 Å². The van der Waals surface area contributed by atoms with Crippen molar-refractivity contribution in [2.45, 2.75) is 12.0 Å². The summed E-state index contributed by atoms with van der Waals surface area (Å²) in [5.41, 5.74) is 4.18. The van der Waals surface area contributed by atoms with Crippen molar-refractivity contribution in [2.75, 3.05) is 4.90 Å². The minimum atomic E-state index is -1.08. The standard InChI is InChI=1S/C25H18N4O5/c30-23(19(15-7-3-1-4-8-15)16-9-5-2-6-10-16)21-20-22(27-26-21)25(32)28(24(20)31)17-11-13-18(14-12-17)29(33)34/h1-14,19-20,22,27H/t20-,22-/m0/s1. The summed E-state index contributed by atoms with van der Waals surface area (Å²) >= 11 is 0. The number of hydrazone groups is 1. The summed E-state index contributed by atoms with van der Waals surface area (Å²) in [6, 6.07) is 22.5. The van der Waals surface area contributed by atoms with Gasteiger partial charge in [-0.25, -0.2) is 4.90 Å². The Balaban J connectivity index is 1.48. The number of rotatable bonds is 6. The number of amides is 2. The van der Waals surface area contributed by atoms with E-state index in [-0.39, 0.29) is 22.9 Å². The number of fused-ring (bicyclic) bond motifs is 1. The first-order valence-corrected chi connectivity index (χ1v) is 10.6. The van der Waals surface area contributed by atoms with Gasteiger partial charge in [-0.3, -0.25) is 29.9 Å². The molecule has 0 aliphatic carbocycles. The Bertz CT molecular complexity index is 1280. The predicted octanol–water partition coefficient (Wildman–Crippen LogP) is 2.81. The van der Waals surface area contributed by atoms with Gasteiger partial charge in [0.25, 0.3) is 11.6 Å². The van der Waals surface area contributed by atoms with Gasteiger partial charge in [-0.05, 0) is 23.3 Å². The second-order valence-electron chi connectivity index (χ2n) is 7.99. The fraction of sp³-hybridized carbons (Fsp3) is 0.120. The normalized spacial score (nSPS) is 19.1. The largest absolute Gasteiger partial charge is 0.296 e. The number of nitrogens with one attached hydrogen (secondary N) is 1. The Morgan fingerprint density at radius 3 is 1.97 bits per heavy atom. The predicted molar refractivity (Wildman–Crippen MR) is 123 cm³/mol. The van der Waals surface area contributed by atoms with Crippen LogP contribution in [0.5, 0.6) is 0 Å². The van der Waals surface area contributed by atoms with E-state index in [1.165, 1.54) is 24.3 Å². The minimum absolute atomic E-state index is 0.00883. The van der Waals surface area contributed by atoms with Crippen LogP contribution in [0.1, 0.15) is 17.0 Å². The van der Waals surface area contributed by atoms with Gasteiger partial charge in [0.15, 0.2) is 5.78 Å². The highest BCUT2D eigenvalue weighted by Crippen LogP contribution is 2.35. The zero-order valence-corrected chi connectivity index (χ0v) is 17.7. The van der Waals surface area contributed by atoms with Crippen molar-refractivity contribution >= 4 is 34.7 Å². The van der Waals surface area contributed by atoms with Crippen molar-refractivity contribution in [3.63, 3.8) is 0 Å². The number of hydrogen-bond acceptors (Lipinski definition) is 7. The molecule has 2 heterocycles. The second kappa shape index (κ2) is 8.36. The monoisotopic (exact) mass is 454 g/mol. The summed E-state index contributed by atoms with van der Waals surface area (Å²) in [6.07, 6.45) is 0. The van der Waals surface area contributed by atoms with E-state index in [1.807, 2.05) is 60.7 Å². The Labute approximate surface area is 193 Å². The average Bonchev–Trinajstić information content (AvgIpc) is 3.40. The van der Waals surface area contributed by atoms with Crippen molar-refractivity contribution in [1.82, 2.24) is 5.43 Å². The molecule has 0 unspecified atom stereocenters. The van der Waals surface area contributed by atoms with E-state index in [0.717, 1.165) is 16.0 Å². The van der Waals surface area contributed by atoms with E-state index < -0.39 is 34.6 Å². The van der Waals surface area contributed by atoms with Crippen LogP contribution in [0.15, 0.2) is 90.0 Å². The van der Waals surface area contributed by atoms with Crippen LogP contribution in [0.25, 0.3) is 0 Å². The zero-order chi connectivity index (χ0) is 23.8. The average molecular weight is 454 g/mol. The van der Waals surface area contributed by atoms with Crippen molar-refractivity contribution < 1.29 is 19.3 Å². The molecule has 0 bridgehead atoms. The fourth-order valence-electron chi connectivity index (χ4n) is 4.41. The molecule has 2 aliphatic heterocycles. The smallest absolute Gasteiger partial charge is 0.269 e. The molecule has 1 N–H and O–H groups in total. The lowest BCUT2D eigenvalue weighted by atomic mass is 9.82. The van der Waals surface area contributed by atoms with E-state index in [9.17, 15) is 24.5 Å². The topological polar surface area (TPSA) is 122 Å². The number of nitrogens with zero attached hydrogens (tertiary/aromatic N) is 3. The first-order chi connectivity index (χ1) is 16.5. The number of carbonyl (C=O) groups excluding carboxylic acids is 3. The summed E-state index contributed by atoms with van der Waals surface area (Å²) in [4.78, 5) is 51.4. The van der Waals surface area contributed by atoms with Crippen LogP contribution in [0.2, 0.25) is 0 Å². The summed E-state index contributed by atoms with van der Waals surface area (Å²) in [6.45, 7) is 0. The van der Waals surface area contributed by atoms with Gasteiger partial charge in [-0.2, -0.15) is 5.10 Å². The quantitative estimate of drug-likeness (QED) is 0.347. The van der Waals surface area contributed by atoms with E-state index in [0.29, 0.717) is 0 Å². The third-order valence-electron chi connectivity index (χ3n) is 6.02. The van der Waals surface area contributed by atoms with Gasteiger partial charge in [-0.1, -0.05) is 60.7 Å². The van der Waals surface area contributed by atoms with Gasteiger partial charge in [0.2, 0.25) is 5.91 Å². The number of non-ortho nitro benzene ring substituents is 1. The van der Waals surface area contributed by atoms with E-state index in [4.69, 9.17) is 0 Å². The maximum Gasteiger partial charge on any atom is 0.269 e. The molecule has 1 fully saturated rings. The first-order valence-electron chi connectivity index (χ1n) is 10.6. The third-order valence-corrected chi connectivity index (χ3v) is 6.02. The third kappa shape index (κ3) is 3.43. The number of carbonyl (C=O) groups is 3. The molecular formula is C25H18N4O5. The lowest BCUT2D eigenvalue weighted by molar-refractivity contribution is -0.384. The molecule has 168 valence electrons. The molecule has 34 heavy (non-hydrogen) atoms. The Morgan fingerprint density at radius 2 is 1.44 bits per heavy atom. The van der Waals surface area contributed by atoms with Crippen LogP contribution in [0.3, 0.4) is 0 Å². The lowest BCUT2D eigenvalue weighted by Gasteiger charge is -2.19. The molecule has 3 aromatic carbocycles. The molecule has 0 saturated carbocycles. The molecule has 0 radical (unpaired) electrons. The highest BCUT2D eigenvalue weighted by Gasteiger charge is 2.56. The number of nitro groups is 1. The Morgan fingerprint density at radius 1 is 0.882 bits per heavy atom. The van der Waals surface area contributed by atoms with Crippen molar-refractivity contribution in [1.29, 1.82) is 0 Å². The van der Waals surface area contributed by atoms with Crippen LogP contribution in [0.4, 0.5) is 11.4 Å². The van der Waals surface area contributed by atoms with Crippen molar-refractivity contribution in [3.05, 3.63) is 106 Å². The molecule has 2 atom stereocenters. The van der Waals surface area contributed by atoms with Crippen LogP contribution < -0.4 is 10.3 Å². The number of anilines is 1. The maximum absolute atomic E-state index is 13.8. The minimum Gasteiger partial charge on any atom is -0.296 e. The van der Waals surface area contributed by atoms with Crippen molar-refractivity contribution in [3.8, 4) is 0 Å². The molecule has 1 saturated heterocycles. The lowest BCUT2D eigenvalue weighted by Crippen LogP contribution is -2.36. The summed E-state index contributed by atoms with van der Waals surface area (Å²) in [5, 5.41) is 15.1. The molecule has 0 aromatic heterocycles. The zero-order valence-electron chi connectivity index (χ0n) is 17.7. The molecule has 9 heteroatoms. The Hall–Kier alpha value is -4.66. The molecule has 9 nitrogen and oxygen atoms in total. The number of hydrogen-bond donors (Lipinski definition) is 1. The summed E-state index contributed by atoms with van der Waals surface area (Å²) in [7, 11) is 0. The fourth-order valence-corrected chi connectivity index (χ4v) is 4.41. The molecular weight excluding hydrogens is 436 g/mol. The van der Waals surface area contributed by atoms with Gasteiger partial charge in [0, 0.05) is 12.1 Å².